The first-order chi connectivity index (χ1) is 8.13. The Morgan fingerprint density at radius 2 is 2.41 bits per heavy atom. The van der Waals surface area contributed by atoms with Crippen molar-refractivity contribution in [2.24, 2.45) is 0 Å². The summed E-state index contributed by atoms with van der Waals surface area (Å²) < 4.78 is 4.83. The van der Waals surface area contributed by atoms with Crippen LogP contribution in [0.3, 0.4) is 0 Å². The van der Waals surface area contributed by atoms with Gasteiger partial charge < -0.3 is 9.63 Å². The Kier molecular flexibility index (Phi) is 2.77. The van der Waals surface area contributed by atoms with E-state index in [1.807, 2.05) is 0 Å². The van der Waals surface area contributed by atoms with Gasteiger partial charge in [-0.2, -0.15) is 0 Å². The van der Waals surface area contributed by atoms with Crippen molar-refractivity contribution in [3.05, 3.63) is 34.0 Å². The predicted molar refractivity (Wildman–Crippen MR) is 59.1 cm³/mol. The standard InChI is InChI=1S/C11H8N2O4/c1-2-3-10(14)8-4-7-6-12-17-11(7)5-9(8)13(15)16/h1,4-6,10,14H,3H2. The fourth-order valence-corrected chi connectivity index (χ4v) is 1.57. The minimum Gasteiger partial charge on any atom is -0.387 e. The number of hydrogen-bond acceptors (Lipinski definition) is 5. The molecule has 0 bridgehead atoms. The number of nitro benzene ring substituents is 1. The summed E-state index contributed by atoms with van der Waals surface area (Å²) >= 11 is 0. The van der Waals surface area contributed by atoms with Crippen LogP contribution in [0.25, 0.3) is 11.0 Å². The number of aromatic nitrogens is 1. The third-order valence-electron chi connectivity index (χ3n) is 2.37. The number of rotatable bonds is 3. The molecule has 2 aromatic rings. The highest BCUT2D eigenvalue weighted by molar-refractivity contribution is 5.80. The normalized spacial score (nSPS) is 12.2. The molecule has 6 nitrogen and oxygen atoms in total. The van der Waals surface area contributed by atoms with Gasteiger partial charge in [-0.15, -0.1) is 12.3 Å². The van der Waals surface area contributed by atoms with Crippen LogP contribution in [-0.4, -0.2) is 15.2 Å². The Balaban J connectivity index is 2.61. The van der Waals surface area contributed by atoms with E-state index < -0.39 is 11.0 Å². The number of nitro groups is 1. The van der Waals surface area contributed by atoms with E-state index in [0.29, 0.717) is 11.0 Å². The average Bonchev–Trinajstić information content (AvgIpc) is 2.74. The molecular weight excluding hydrogens is 224 g/mol. The number of aliphatic hydroxyl groups excluding tert-OH is 1. The van der Waals surface area contributed by atoms with Crippen LogP contribution in [0.2, 0.25) is 0 Å². The average molecular weight is 232 g/mol. The van der Waals surface area contributed by atoms with E-state index in [0.717, 1.165) is 0 Å². The number of hydrogen-bond donors (Lipinski definition) is 1. The van der Waals surface area contributed by atoms with Gasteiger partial charge >= 0.3 is 0 Å². The second-order valence-electron chi connectivity index (χ2n) is 3.46. The molecule has 1 unspecified atom stereocenters. The minimum atomic E-state index is -1.07. The van der Waals surface area contributed by atoms with Gasteiger partial charge in [0, 0.05) is 11.8 Å². The zero-order valence-corrected chi connectivity index (χ0v) is 8.66. The summed E-state index contributed by atoms with van der Waals surface area (Å²) in [6.07, 6.45) is 5.44. The molecule has 0 saturated heterocycles. The summed E-state index contributed by atoms with van der Waals surface area (Å²) in [7, 11) is 0. The fraction of sp³-hybridized carbons (Fsp3) is 0.182. The largest absolute Gasteiger partial charge is 0.387 e. The summed E-state index contributed by atoms with van der Waals surface area (Å²) in [5.74, 6) is 2.26. The molecule has 0 spiro atoms. The van der Waals surface area contributed by atoms with Crippen LogP contribution in [0, 0.1) is 22.5 Å². The van der Waals surface area contributed by atoms with E-state index >= 15 is 0 Å². The van der Waals surface area contributed by atoms with Crippen LogP contribution in [0.1, 0.15) is 18.1 Å². The quantitative estimate of drug-likeness (QED) is 0.495. The lowest BCUT2D eigenvalue weighted by Gasteiger charge is -2.07. The molecule has 0 radical (unpaired) electrons. The van der Waals surface area contributed by atoms with Gasteiger partial charge in [0.05, 0.1) is 28.9 Å². The Labute approximate surface area is 96.0 Å². The van der Waals surface area contributed by atoms with E-state index in [-0.39, 0.29) is 17.7 Å². The zero-order valence-electron chi connectivity index (χ0n) is 8.66. The second-order valence-corrected chi connectivity index (χ2v) is 3.46. The summed E-state index contributed by atoms with van der Waals surface area (Å²) in [6, 6.07) is 2.70. The van der Waals surface area contributed by atoms with Gasteiger partial charge in [0.1, 0.15) is 0 Å². The highest BCUT2D eigenvalue weighted by Gasteiger charge is 2.22. The SMILES string of the molecule is C#CCC(O)c1cc2cnoc2cc1[N+](=O)[O-]. The van der Waals surface area contributed by atoms with Crippen molar-refractivity contribution >= 4 is 16.7 Å². The van der Waals surface area contributed by atoms with E-state index in [9.17, 15) is 15.2 Å². The van der Waals surface area contributed by atoms with Gasteiger partial charge in [-0.1, -0.05) is 5.16 Å². The maximum Gasteiger partial charge on any atom is 0.279 e. The highest BCUT2D eigenvalue weighted by atomic mass is 16.6. The van der Waals surface area contributed by atoms with E-state index in [4.69, 9.17) is 10.9 Å². The third kappa shape index (κ3) is 1.96. The van der Waals surface area contributed by atoms with Crippen molar-refractivity contribution < 1.29 is 14.6 Å². The fourth-order valence-electron chi connectivity index (χ4n) is 1.57. The van der Waals surface area contributed by atoms with Gasteiger partial charge in [0.15, 0.2) is 5.58 Å². The Morgan fingerprint density at radius 3 is 3.06 bits per heavy atom. The molecule has 0 aliphatic heterocycles. The molecule has 1 N–H and O–H groups in total. The first kappa shape index (κ1) is 11.1. The van der Waals surface area contributed by atoms with Crippen LogP contribution in [0.4, 0.5) is 5.69 Å². The molecule has 0 saturated carbocycles. The van der Waals surface area contributed by atoms with Crippen LogP contribution in [0.15, 0.2) is 22.9 Å². The van der Waals surface area contributed by atoms with Gasteiger partial charge in [-0.3, -0.25) is 10.1 Å². The van der Waals surface area contributed by atoms with Crippen LogP contribution in [0.5, 0.6) is 0 Å². The molecule has 1 atom stereocenters. The van der Waals surface area contributed by atoms with Crippen molar-refractivity contribution in [2.75, 3.05) is 0 Å². The summed E-state index contributed by atoms with van der Waals surface area (Å²) in [4.78, 5) is 10.3. The van der Waals surface area contributed by atoms with Crippen LogP contribution >= 0.6 is 0 Å². The molecule has 2 rings (SSSR count). The van der Waals surface area contributed by atoms with Gasteiger partial charge in [0.25, 0.3) is 5.69 Å². The molecule has 86 valence electrons. The lowest BCUT2D eigenvalue weighted by Crippen LogP contribution is -2.01. The van der Waals surface area contributed by atoms with Crippen molar-refractivity contribution in [3.63, 3.8) is 0 Å². The lowest BCUT2D eigenvalue weighted by molar-refractivity contribution is -0.386. The zero-order chi connectivity index (χ0) is 12.4. The molecule has 6 heteroatoms. The number of benzene rings is 1. The number of terminal acetylenes is 1. The summed E-state index contributed by atoms with van der Waals surface area (Å²) in [5, 5.41) is 24.7. The monoisotopic (exact) mass is 232 g/mol. The van der Waals surface area contributed by atoms with Crippen LogP contribution in [-0.2, 0) is 0 Å². The first-order valence-electron chi connectivity index (χ1n) is 4.77. The smallest absolute Gasteiger partial charge is 0.279 e. The molecule has 1 aromatic carbocycles. The molecule has 0 aliphatic rings. The van der Waals surface area contributed by atoms with E-state index in [2.05, 4.69) is 11.1 Å². The number of aliphatic hydroxyl groups is 1. The van der Waals surface area contributed by atoms with E-state index in [1.165, 1.54) is 18.3 Å². The Hall–Kier alpha value is -2.39. The Bertz CT molecular complexity index is 611. The van der Waals surface area contributed by atoms with Gasteiger partial charge in [-0.05, 0) is 6.07 Å². The molecule has 0 amide bonds. The molecule has 0 fully saturated rings. The second kappa shape index (κ2) is 4.23. The maximum atomic E-state index is 10.9. The summed E-state index contributed by atoms with van der Waals surface area (Å²) in [6.45, 7) is 0. The predicted octanol–water partition coefficient (Wildman–Crippen LogP) is 1.79. The first-order valence-corrected chi connectivity index (χ1v) is 4.77. The minimum absolute atomic E-state index is 0.0115. The van der Waals surface area contributed by atoms with Crippen molar-refractivity contribution in [3.8, 4) is 12.3 Å². The number of nitrogens with zero attached hydrogens (tertiary/aromatic N) is 2. The van der Waals surface area contributed by atoms with Crippen molar-refractivity contribution in [1.29, 1.82) is 0 Å². The third-order valence-corrected chi connectivity index (χ3v) is 2.37. The molecule has 1 aromatic heterocycles. The molecular formula is C11H8N2O4. The molecule has 0 aliphatic carbocycles. The van der Waals surface area contributed by atoms with Crippen LogP contribution < -0.4 is 0 Å². The topological polar surface area (TPSA) is 89.4 Å². The Morgan fingerprint density at radius 1 is 1.65 bits per heavy atom. The molecule has 17 heavy (non-hydrogen) atoms. The van der Waals surface area contributed by atoms with Gasteiger partial charge in [-0.25, -0.2) is 0 Å². The number of fused-ring (bicyclic) bond motifs is 1. The maximum absolute atomic E-state index is 10.9. The van der Waals surface area contributed by atoms with Crippen molar-refractivity contribution in [1.82, 2.24) is 5.16 Å². The van der Waals surface area contributed by atoms with E-state index in [1.54, 1.807) is 0 Å². The summed E-state index contributed by atoms with van der Waals surface area (Å²) in [5.41, 5.74) is 0.244. The molecule has 1 heterocycles. The van der Waals surface area contributed by atoms with Gasteiger partial charge in [0.2, 0.25) is 0 Å². The van der Waals surface area contributed by atoms with Crippen molar-refractivity contribution in [2.45, 2.75) is 12.5 Å². The lowest BCUT2D eigenvalue weighted by atomic mass is 10.0. The highest BCUT2D eigenvalue weighted by Crippen LogP contribution is 2.31.